The van der Waals surface area contributed by atoms with E-state index in [1.165, 1.54) is 0 Å². The van der Waals surface area contributed by atoms with E-state index in [4.69, 9.17) is 20.5 Å². The molecule has 2 rings (SSSR count). The average molecular weight is 182 g/mol. The molecule has 0 spiro atoms. The normalized spacial score (nSPS) is 36.2. The summed E-state index contributed by atoms with van der Waals surface area (Å²) >= 11 is 0. The van der Waals surface area contributed by atoms with Crippen LogP contribution in [-0.2, 0) is 9.47 Å². The van der Waals surface area contributed by atoms with Crippen molar-refractivity contribution in [3.63, 3.8) is 0 Å². The van der Waals surface area contributed by atoms with E-state index in [1.807, 2.05) is 6.07 Å². The molecular weight excluding hydrogens is 172 g/mol. The summed E-state index contributed by atoms with van der Waals surface area (Å²) in [4.78, 5) is 3.94. The van der Waals surface area contributed by atoms with E-state index in [1.54, 1.807) is 0 Å². The molecule has 3 N–H and O–H groups in total. The van der Waals surface area contributed by atoms with Gasteiger partial charge in [-0.1, -0.05) is 0 Å². The Morgan fingerprint density at radius 3 is 3.38 bits per heavy atom. The van der Waals surface area contributed by atoms with Gasteiger partial charge in [0.2, 0.25) is 0 Å². The van der Waals surface area contributed by atoms with Gasteiger partial charge in [0.15, 0.2) is 12.3 Å². The van der Waals surface area contributed by atoms with E-state index in [0.717, 1.165) is 0 Å². The van der Waals surface area contributed by atoms with Crippen molar-refractivity contribution >= 4 is 6.02 Å². The number of nitrogens with two attached hydrogens (primary N) is 1. The molecule has 13 heavy (non-hydrogen) atoms. The van der Waals surface area contributed by atoms with Crippen LogP contribution in [0, 0.1) is 11.3 Å². The lowest BCUT2D eigenvalue weighted by Gasteiger charge is -2.15. The molecule has 2 heterocycles. The molecule has 6 nitrogen and oxygen atoms in total. The number of amidine groups is 1. The van der Waals surface area contributed by atoms with Gasteiger partial charge in [0.1, 0.15) is 0 Å². The highest BCUT2D eigenvalue weighted by molar-refractivity contribution is 5.73. The van der Waals surface area contributed by atoms with Crippen LogP contribution >= 0.6 is 0 Å². The summed E-state index contributed by atoms with van der Waals surface area (Å²) in [7, 11) is 0. The van der Waals surface area contributed by atoms with Gasteiger partial charge in [-0.3, -0.25) is 5.32 Å². The molecule has 3 atom stereocenters. The highest BCUT2D eigenvalue weighted by atomic mass is 16.6. The lowest BCUT2D eigenvalue weighted by Crippen LogP contribution is -2.41. The summed E-state index contributed by atoms with van der Waals surface area (Å²) in [6.07, 6.45) is -0.468. The first-order valence-corrected chi connectivity index (χ1v) is 4.03. The summed E-state index contributed by atoms with van der Waals surface area (Å²) in [5.41, 5.74) is 5.37. The fourth-order valence-electron chi connectivity index (χ4n) is 1.49. The number of rotatable bonds is 2. The highest BCUT2D eigenvalue weighted by Crippen LogP contribution is 2.23. The van der Waals surface area contributed by atoms with Crippen molar-refractivity contribution < 1.29 is 9.47 Å². The maximum atomic E-state index is 8.37. The second-order valence-corrected chi connectivity index (χ2v) is 2.92. The lowest BCUT2D eigenvalue weighted by molar-refractivity contribution is 0.0795. The predicted octanol–water partition coefficient (Wildman–Crippen LogP) is -1.46. The standard InChI is InChI=1S/C7H10N4O2/c8-1-2-10-4-3-12-6-5(4)13-7(9)11-6/h4-6,10H,2-3H2,(H2,9,11). The van der Waals surface area contributed by atoms with Crippen LogP contribution in [0.4, 0.5) is 0 Å². The molecule has 0 saturated carbocycles. The molecular formula is C7H10N4O2. The van der Waals surface area contributed by atoms with Crippen molar-refractivity contribution in [3.8, 4) is 6.07 Å². The molecule has 0 amide bonds. The molecule has 0 aromatic rings. The minimum Gasteiger partial charge on any atom is -0.455 e. The number of nitrogens with zero attached hydrogens (tertiary/aromatic N) is 2. The van der Waals surface area contributed by atoms with Gasteiger partial charge in [0.05, 0.1) is 25.3 Å². The Kier molecular flexibility index (Phi) is 2.04. The number of nitriles is 1. The van der Waals surface area contributed by atoms with Crippen LogP contribution in [0.25, 0.3) is 0 Å². The van der Waals surface area contributed by atoms with Crippen molar-refractivity contribution in [2.75, 3.05) is 13.2 Å². The summed E-state index contributed by atoms with van der Waals surface area (Å²) in [6, 6.07) is 2.17. The number of hydrogen-bond acceptors (Lipinski definition) is 6. The van der Waals surface area contributed by atoms with Crippen LogP contribution in [0.1, 0.15) is 0 Å². The summed E-state index contributed by atoms with van der Waals surface area (Å²) < 4.78 is 10.5. The van der Waals surface area contributed by atoms with Gasteiger partial charge in [-0.15, -0.1) is 0 Å². The van der Waals surface area contributed by atoms with Crippen LogP contribution in [0.3, 0.4) is 0 Å². The molecule has 1 saturated heterocycles. The van der Waals surface area contributed by atoms with E-state index < -0.39 is 0 Å². The number of aliphatic imine (C=N–C) groups is 1. The number of fused-ring (bicyclic) bond motifs is 1. The summed E-state index contributed by atoms with van der Waals surface area (Å²) in [6.45, 7) is 0.786. The Balaban J connectivity index is 1.93. The first-order valence-electron chi connectivity index (χ1n) is 4.03. The maximum absolute atomic E-state index is 8.37. The molecule has 2 aliphatic heterocycles. The molecule has 0 radical (unpaired) electrons. The maximum Gasteiger partial charge on any atom is 0.285 e. The van der Waals surface area contributed by atoms with E-state index in [2.05, 4.69) is 10.3 Å². The van der Waals surface area contributed by atoms with Crippen molar-refractivity contribution in [1.82, 2.24) is 5.32 Å². The van der Waals surface area contributed by atoms with Gasteiger partial charge < -0.3 is 15.2 Å². The van der Waals surface area contributed by atoms with Crippen molar-refractivity contribution in [3.05, 3.63) is 0 Å². The Morgan fingerprint density at radius 1 is 1.77 bits per heavy atom. The van der Waals surface area contributed by atoms with Crippen molar-refractivity contribution in [2.24, 2.45) is 10.7 Å². The Hall–Kier alpha value is -1.32. The fourth-order valence-corrected chi connectivity index (χ4v) is 1.49. The Morgan fingerprint density at radius 2 is 2.62 bits per heavy atom. The van der Waals surface area contributed by atoms with Gasteiger partial charge >= 0.3 is 0 Å². The summed E-state index contributed by atoms with van der Waals surface area (Å²) in [5.74, 6) is 0. The second kappa shape index (κ2) is 3.20. The molecule has 0 aromatic heterocycles. The van der Waals surface area contributed by atoms with Crippen molar-refractivity contribution in [2.45, 2.75) is 18.4 Å². The minimum atomic E-state index is -0.295. The lowest BCUT2D eigenvalue weighted by atomic mass is 10.2. The molecule has 3 unspecified atom stereocenters. The van der Waals surface area contributed by atoms with E-state index in [9.17, 15) is 0 Å². The minimum absolute atomic E-state index is 0.00875. The van der Waals surface area contributed by atoms with Crippen molar-refractivity contribution in [1.29, 1.82) is 5.26 Å². The first kappa shape index (κ1) is 8.29. The van der Waals surface area contributed by atoms with Gasteiger partial charge in [-0.05, 0) is 0 Å². The van der Waals surface area contributed by atoms with Crippen LogP contribution in [-0.4, -0.2) is 37.5 Å². The number of ether oxygens (including phenoxy) is 2. The largest absolute Gasteiger partial charge is 0.455 e. The monoisotopic (exact) mass is 182 g/mol. The molecule has 0 aromatic carbocycles. The Labute approximate surface area is 75.3 Å². The number of hydrogen-bond donors (Lipinski definition) is 2. The third-order valence-corrected chi connectivity index (χ3v) is 2.08. The third kappa shape index (κ3) is 1.43. The topological polar surface area (TPSA) is 92.7 Å². The summed E-state index contributed by atoms with van der Waals surface area (Å²) in [5, 5.41) is 11.4. The van der Waals surface area contributed by atoms with Gasteiger partial charge in [0.25, 0.3) is 6.02 Å². The molecule has 6 heteroatoms. The molecule has 1 fully saturated rings. The van der Waals surface area contributed by atoms with Gasteiger partial charge in [0, 0.05) is 0 Å². The average Bonchev–Trinajstić information content (AvgIpc) is 2.61. The molecule has 70 valence electrons. The third-order valence-electron chi connectivity index (χ3n) is 2.08. The van der Waals surface area contributed by atoms with Crippen LogP contribution in [0.5, 0.6) is 0 Å². The fraction of sp³-hybridized carbons (Fsp3) is 0.714. The molecule has 0 aliphatic carbocycles. The SMILES string of the molecule is N#CCNC1COC2N=C(N)OC12. The molecule has 2 aliphatic rings. The zero-order valence-corrected chi connectivity index (χ0v) is 6.93. The highest BCUT2D eigenvalue weighted by Gasteiger charge is 2.43. The zero-order valence-electron chi connectivity index (χ0n) is 6.93. The zero-order chi connectivity index (χ0) is 9.26. The quantitative estimate of drug-likeness (QED) is 0.509. The smallest absolute Gasteiger partial charge is 0.285 e. The molecule has 0 bridgehead atoms. The number of nitrogens with one attached hydrogen (secondary N) is 1. The van der Waals surface area contributed by atoms with Gasteiger partial charge in [-0.2, -0.15) is 10.3 Å². The van der Waals surface area contributed by atoms with Crippen LogP contribution in [0.15, 0.2) is 4.99 Å². The van der Waals surface area contributed by atoms with Gasteiger partial charge in [-0.25, -0.2) is 0 Å². The van der Waals surface area contributed by atoms with Crippen LogP contribution < -0.4 is 11.1 Å². The van der Waals surface area contributed by atoms with E-state index in [-0.39, 0.29) is 30.9 Å². The van der Waals surface area contributed by atoms with E-state index in [0.29, 0.717) is 6.61 Å². The van der Waals surface area contributed by atoms with E-state index >= 15 is 0 Å². The second-order valence-electron chi connectivity index (χ2n) is 2.92. The van der Waals surface area contributed by atoms with Crippen LogP contribution in [0.2, 0.25) is 0 Å². The first-order chi connectivity index (χ1) is 6.31. The predicted molar refractivity (Wildman–Crippen MR) is 43.6 cm³/mol. The Bertz CT molecular complexity index is 272.